The highest BCUT2D eigenvalue weighted by molar-refractivity contribution is 7.11. The van der Waals surface area contributed by atoms with Crippen LogP contribution in [0.4, 0.5) is 0 Å². The van der Waals surface area contributed by atoms with Crippen LogP contribution in [0.1, 0.15) is 68.5 Å². The molecule has 0 fully saturated rings. The van der Waals surface area contributed by atoms with Gasteiger partial charge in [0.05, 0.1) is 10.7 Å². The van der Waals surface area contributed by atoms with Gasteiger partial charge >= 0.3 is 0 Å². The van der Waals surface area contributed by atoms with Crippen molar-refractivity contribution in [3.63, 3.8) is 0 Å². The van der Waals surface area contributed by atoms with Gasteiger partial charge in [0.15, 0.2) is 0 Å². The van der Waals surface area contributed by atoms with Crippen molar-refractivity contribution in [1.82, 2.24) is 4.98 Å². The number of thiazole rings is 1. The summed E-state index contributed by atoms with van der Waals surface area (Å²) in [4.78, 5) is 6.01. The maximum atomic E-state index is 4.52. The quantitative estimate of drug-likeness (QED) is 0.601. The molecule has 1 heterocycles. The van der Waals surface area contributed by atoms with E-state index < -0.39 is 0 Å². The molecule has 1 aromatic heterocycles. The van der Waals surface area contributed by atoms with E-state index in [0.29, 0.717) is 5.41 Å². The lowest BCUT2D eigenvalue weighted by molar-refractivity contribution is 0.319. The second-order valence-electron chi connectivity index (χ2n) is 5.89. The third-order valence-corrected chi connectivity index (χ3v) is 4.42. The van der Waals surface area contributed by atoms with Crippen molar-refractivity contribution in [3.05, 3.63) is 15.6 Å². The fourth-order valence-corrected chi connectivity index (χ4v) is 3.49. The second kappa shape index (κ2) is 6.53. The number of rotatable bonds is 7. The molecule has 0 radical (unpaired) electrons. The highest BCUT2D eigenvalue weighted by atomic mass is 32.1. The van der Waals surface area contributed by atoms with Gasteiger partial charge in [-0.1, -0.05) is 46.5 Å². The first-order valence-corrected chi connectivity index (χ1v) is 7.69. The van der Waals surface area contributed by atoms with Crippen molar-refractivity contribution in [1.29, 1.82) is 0 Å². The van der Waals surface area contributed by atoms with Crippen LogP contribution in [0, 0.1) is 19.3 Å². The molecule has 0 aliphatic carbocycles. The Morgan fingerprint density at radius 1 is 1.12 bits per heavy atom. The van der Waals surface area contributed by atoms with Crippen LogP contribution in [0.25, 0.3) is 0 Å². The lowest BCUT2D eigenvalue weighted by Crippen LogP contribution is -2.14. The molecule has 0 saturated carbocycles. The Balaban J connectivity index is 2.45. The molecule has 0 bridgehead atoms. The van der Waals surface area contributed by atoms with Gasteiger partial charge in [0.25, 0.3) is 0 Å². The molecule has 0 atom stereocenters. The number of unbranched alkanes of at least 4 members (excludes halogenated alkanes) is 3. The molecule has 0 aliphatic rings. The Bertz CT molecular complexity index is 339. The summed E-state index contributed by atoms with van der Waals surface area (Å²) >= 11 is 1.87. The lowest BCUT2D eigenvalue weighted by Gasteiger charge is -2.24. The molecule has 0 spiro atoms. The normalized spacial score (nSPS) is 12.1. The summed E-state index contributed by atoms with van der Waals surface area (Å²) in [7, 11) is 0. The van der Waals surface area contributed by atoms with Gasteiger partial charge in [-0.15, -0.1) is 11.3 Å². The van der Waals surface area contributed by atoms with Gasteiger partial charge in [0.2, 0.25) is 0 Å². The summed E-state index contributed by atoms with van der Waals surface area (Å²) in [5.41, 5.74) is 1.67. The molecule has 17 heavy (non-hydrogen) atoms. The molecule has 1 aromatic rings. The highest BCUT2D eigenvalue weighted by Crippen LogP contribution is 2.32. The van der Waals surface area contributed by atoms with Crippen molar-refractivity contribution >= 4 is 11.3 Å². The zero-order valence-corrected chi connectivity index (χ0v) is 12.9. The maximum Gasteiger partial charge on any atom is 0.0900 e. The minimum Gasteiger partial charge on any atom is -0.247 e. The number of aryl methyl sites for hydroxylation is 2. The molecule has 98 valence electrons. The molecular formula is C15H27NS. The van der Waals surface area contributed by atoms with E-state index >= 15 is 0 Å². The van der Waals surface area contributed by atoms with Crippen LogP contribution in [0.15, 0.2) is 0 Å². The van der Waals surface area contributed by atoms with E-state index in [4.69, 9.17) is 0 Å². The molecule has 0 aliphatic heterocycles. The average Bonchev–Trinajstić information content (AvgIpc) is 2.52. The molecule has 1 nitrogen and oxygen atoms in total. The maximum absolute atomic E-state index is 4.52. The molecule has 1 rings (SSSR count). The molecular weight excluding hydrogens is 226 g/mol. The highest BCUT2D eigenvalue weighted by Gasteiger charge is 2.20. The Morgan fingerprint density at radius 3 is 2.35 bits per heavy atom. The average molecular weight is 253 g/mol. The zero-order valence-electron chi connectivity index (χ0n) is 12.1. The summed E-state index contributed by atoms with van der Waals surface area (Å²) in [6.45, 7) is 11.3. The van der Waals surface area contributed by atoms with E-state index in [-0.39, 0.29) is 0 Å². The van der Waals surface area contributed by atoms with Crippen molar-refractivity contribution in [2.24, 2.45) is 5.41 Å². The Morgan fingerprint density at radius 2 is 1.82 bits per heavy atom. The molecule has 0 unspecified atom stereocenters. The van der Waals surface area contributed by atoms with Crippen LogP contribution >= 0.6 is 11.3 Å². The predicted octanol–water partition coefficient (Wildman–Crippen LogP) is 5.30. The predicted molar refractivity (Wildman–Crippen MR) is 77.8 cm³/mol. The molecule has 0 saturated heterocycles. The molecule has 0 aromatic carbocycles. The molecule has 0 amide bonds. The first-order valence-electron chi connectivity index (χ1n) is 6.87. The van der Waals surface area contributed by atoms with Crippen LogP contribution < -0.4 is 0 Å². The van der Waals surface area contributed by atoms with Crippen molar-refractivity contribution in [2.45, 2.75) is 73.1 Å². The van der Waals surface area contributed by atoms with Crippen LogP contribution in [0.3, 0.4) is 0 Å². The Labute approximate surface area is 111 Å². The standard InChI is InChI=1S/C15H27NS/c1-6-7-8-9-10-15(4,5)11-14-12(2)16-13(3)17-14/h6-11H2,1-5H3. The summed E-state index contributed by atoms with van der Waals surface area (Å²) in [6, 6.07) is 0. The topological polar surface area (TPSA) is 12.9 Å². The largest absolute Gasteiger partial charge is 0.247 e. The van der Waals surface area contributed by atoms with Crippen molar-refractivity contribution < 1.29 is 0 Å². The van der Waals surface area contributed by atoms with E-state index in [0.717, 1.165) is 0 Å². The number of aromatic nitrogens is 1. The van der Waals surface area contributed by atoms with E-state index in [9.17, 15) is 0 Å². The fourth-order valence-electron chi connectivity index (χ4n) is 2.29. The monoisotopic (exact) mass is 253 g/mol. The number of hydrogen-bond acceptors (Lipinski definition) is 2. The van der Waals surface area contributed by atoms with Gasteiger partial charge in [-0.3, -0.25) is 0 Å². The van der Waals surface area contributed by atoms with Gasteiger partial charge < -0.3 is 0 Å². The minimum atomic E-state index is 0.428. The summed E-state index contributed by atoms with van der Waals surface area (Å²) in [5, 5.41) is 1.21. The zero-order chi connectivity index (χ0) is 12.9. The molecule has 0 N–H and O–H groups in total. The number of nitrogens with zero attached hydrogens (tertiary/aromatic N) is 1. The van der Waals surface area contributed by atoms with Crippen molar-refractivity contribution in [3.8, 4) is 0 Å². The van der Waals surface area contributed by atoms with E-state index in [2.05, 4.69) is 39.6 Å². The lowest BCUT2D eigenvalue weighted by atomic mass is 9.83. The second-order valence-corrected chi connectivity index (χ2v) is 7.18. The van der Waals surface area contributed by atoms with Gasteiger partial charge in [0, 0.05) is 4.88 Å². The smallest absolute Gasteiger partial charge is 0.0900 e. The summed E-state index contributed by atoms with van der Waals surface area (Å²) in [6.07, 6.45) is 8.00. The van der Waals surface area contributed by atoms with Crippen LogP contribution in [-0.2, 0) is 6.42 Å². The van der Waals surface area contributed by atoms with Crippen LogP contribution in [0.2, 0.25) is 0 Å². The van der Waals surface area contributed by atoms with Gasteiger partial charge in [-0.2, -0.15) is 0 Å². The number of hydrogen-bond donors (Lipinski definition) is 0. The van der Waals surface area contributed by atoms with Gasteiger partial charge in [0.1, 0.15) is 0 Å². The Hall–Kier alpha value is -0.370. The van der Waals surface area contributed by atoms with Crippen LogP contribution in [0.5, 0.6) is 0 Å². The van der Waals surface area contributed by atoms with Gasteiger partial charge in [-0.25, -0.2) is 4.98 Å². The van der Waals surface area contributed by atoms with Crippen molar-refractivity contribution in [2.75, 3.05) is 0 Å². The van der Waals surface area contributed by atoms with E-state index in [1.54, 1.807) is 0 Å². The third-order valence-electron chi connectivity index (χ3n) is 3.35. The van der Waals surface area contributed by atoms with Crippen LogP contribution in [-0.4, -0.2) is 4.98 Å². The molecule has 2 heteroatoms. The summed E-state index contributed by atoms with van der Waals surface area (Å²) in [5.74, 6) is 0. The fraction of sp³-hybridized carbons (Fsp3) is 0.800. The summed E-state index contributed by atoms with van der Waals surface area (Å²) < 4.78 is 0. The third kappa shape index (κ3) is 5.20. The first kappa shape index (κ1) is 14.7. The Kier molecular flexibility index (Phi) is 5.64. The van der Waals surface area contributed by atoms with E-state index in [1.165, 1.54) is 54.1 Å². The van der Waals surface area contributed by atoms with Gasteiger partial charge in [-0.05, 0) is 32.1 Å². The minimum absolute atomic E-state index is 0.428. The SMILES string of the molecule is CCCCCCC(C)(C)Cc1sc(C)nc1C. The van der Waals surface area contributed by atoms with E-state index in [1.807, 2.05) is 11.3 Å². The first-order chi connectivity index (χ1) is 7.94.